The summed E-state index contributed by atoms with van der Waals surface area (Å²) in [6.07, 6.45) is 4.09. The molecule has 2 fully saturated rings. The molecule has 0 radical (unpaired) electrons. The van der Waals surface area contributed by atoms with Crippen LogP contribution in [0.25, 0.3) is 0 Å². The van der Waals surface area contributed by atoms with E-state index in [-0.39, 0.29) is 0 Å². The van der Waals surface area contributed by atoms with Crippen molar-refractivity contribution in [2.45, 2.75) is 57.3 Å². The molecule has 19 heavy (non-hydrogen) atoms. The summed E-state index contributed by atoms with van der Waals surface area (Å²) < 4.78 is 0. The molecule has 3 atom stereocenters. The largest absolute Gasteiger partial charge is 0.306 e. The van der Waals surface area contributed by atoms with E-state index in [0.29, 0.717) is 12.1 Å². The van der Waals surface area contributed by atoms with Gasteiger partial charge in [-0.15, -0.1) is 0 Å². The van der Waals surface area contributed by atoms with Crippen LogP contribution in [0.5, 0.6) is 0 Å². The van der Waals surface area contributed by atoms with Crippen molar-refractivity contribution in [3.05, 3.63) is 34.9 Å². The van der Waals surface area contributed by atoms with Crippen molar-refractivity contribution in [1.82, 2.24) is 10.2 Å². The number of benzene rings is 1. The Balaban J connectivity index is 1.57. The third-order valence-electron chi connectivity index (χ3n) is 4.49. The Labute approximate surface area is 121 Å². The number of halogens is 1. The number of hydrogen-bond acceptors (Lipinski definition) is 2. The summed E-state index contributed by atoms with van der Waals surface area (Å²) in [5, 5.41) is 4.58. The van der Waals surface area contributed by atoms with Crippen molar-refractivity contribution in [1.29, 1.82) is 0 Å². The molecule has 1 heterocycles. The van der Waals surface area contributed by atoms with E-state index >= 15 is 0 Å². The number of hydrogen-bond donors (Lipinski definition) is 1. The first-order chi connectivity index (χ1) is 9.13. The fraction of sp³-hybridized carbons (Fsp3) is 0.625. The van der Waals surface area contributed by atoms with Gasteiger partial charge in [0.05, 0.1) is 0 Å². The number of rotatable bonds is 4. The zero-order valence-corrected chi connectivity index (χ0v) is 12.5. The summed E-state index contributed by atoms with van der Waals surface area (Å²) in [5.41, 5.74) is 1.32. The second-order valence-electron chi connectivity index (χ2n) is 6.15. The van der Waals surface area contributed by atoms with Crippen LogP contribution in [-0.2, 0) is 0 Å². The summed E-state index contributed by atoms with van der Waals surface area (Å²) in [4.78, 5) is 2.69. The minimum Gasteiger partial charge on any atom is -0.306 e. The van der Waals surface area contributed by atoms with Gasteiger partial charge in [0.1, 0.15) is 0 Å². The summed E-state index contributed by atoms with van der Waals surface area (Å²) in [7, 11) is 0. The van der Waals surface area contributed by atoms with Crippen LogP contribution < -0.4 is 5.32 Å². The fourth-order valence-corrected chi connectivity index (χ4v) is 3.42. The van der Waals surface area contributed by atoms with Gasteiger partial charge in [-0.2, -0.15) is 0 Å². The van der Waals surface area contributed by atoms with Crippen LogP contribution in [0, 0.1) is 0 Å². The molecule has 3 heteroatoms. The molecular formula is C16H23ClN2. The zero-order valence-electron chi connectivity index (χ0n) is 11.8. The van der Waals surface area contributed by atoms with Crippen LogP contribution in [0.3, 0.4) is 0 Å². The maximum atomic E-state index is 5.94. The van der Waals surface area contributed by atoms with Gasteiger partial charge in [-0.05, 0) is 50.8 Å². The van der Waals surface area contributed by atoms with Crippen molar-refractivity contribution in [3.8, 4) is 0 Å². The minimum absolute atomic E-state index is 0.397. The molecule has 1 aliphatic heterocycles. The van der Waals surface area contributed by atoms with E-state index in [2.05, 4.69) is 36.2 Å². The molecule has 0 aromatic heterocycles. The SMILES string of the molecule is CC(NC1CC(C)N(C2CC2)C1)c1ccc(Cl)cc1. The number of nitrogens with one attached hydrogen (secondary N) is 1. The number of nitrogens with zero attached hydrogens (tertiary/aromatic N) is 1. The van der Waals surface area contributed by atoms with Crippen LogP contribution in [0.15, 0.2) is 24.3 Å². The Morgan fingerprint density at radius 1 is 1.26 bits per heavy atom. The third-order valence-corrected chi connectivity index (χ3v) is 4.75. The van der Waals surface area contributed by atoms with Crippen LogP contribution in [0.2, 0.25) is 5.02 Å². The Kier molecular flexibility index (Phi) is 3.84. The highest BCUT2D eigenvalue weighted by molar-refractivity contribution is 6.30. The van der Waals surface area contributed by atoms with Gasteiger partial charge in [0, 0.05) is 35.7 Å². The van der Waals surface area contributed by atoms with E-state index in [0.717, 1.165) is 17.1 Å². The lowest BCUT2D eigenvalue weighted by atomic mass is 10.1. The van der Waals surface area contributed by atoms with Crippen molar-refractivity contribution in [2.75, 3.05) is 6.54 Å². The highest BCUT2D eigenvalue weighted by Gasteiger charge is 2.38. The van der Waals surface area contributed by atoms with E-state index in [1.165, 1.54) is 31.4 Å². The minimum atomic E-state index is 0.397. The maximum absolute atomic E-state index is 5.94. The molecule has 104 valence electrons. The molecule has 2 aliphatic rings. The third kappa shape index (κ3) is 3.13. The Morgan fingerprint density at radius 3 is 2.58 bits per heavy atom. The normalized spacial score (nSPS) is 29.6. The molecule has 2 nitrogen and oxygen atoms in total. The summed E-state index contributed by atoms with van der Waals surface area (Å²) in [6.45, 7) is 5.82. The van der Waals surface area contributed by atoms with Crippen molar-refractivity contribution in [3.63, 3.8) is 0 Å². The molecule has 0 amide bonds. The van der Waals surface area contributed by atoms with Gasteiger partial charge in [-0.25, -0.2) is 0 Å². The first kappa shape index (κ1) is 13.4. The second kappa shape index (κ2) is 5.43. The Morgan fingerprint density at radius 2 is 1.95 bits per heavy atom. The standard InChI is InChI=1S/C16H23ClN2/c1-11-9-15(10-19(11)16-7-8-16)18-12(2)13-3-5-14(17)6-4-13/h3-6,11-12,15-16,18H,7-10H2,1-2H3. The lowest BCUT2D eigenvalue weighted by Crippen LogP contribution is -2.35. The van der Waals surface area contributed by atoms with E-state index in [4.69, 9.17) is 11.6 Å². The molecule has 1 aliphatic carbocycles. The molecule has 1 saturated heterocycles. The van der Waals surface area contributed by atoms with Crippen molar-refractivity contribution < 1.29 is 0 Å². The van der Waals surface area contributed by atoms with Crippen LogP contribution in [0.4, 0.5) is 0 Å². The summed E-state index contributed by atoms with van der Waals surface area (Å²) in [5.74, 6) is 0. The number of likely N-dealkylation sites (tertiary alicyclic amines) is 1. The first-order valence-corrected chi connectivity index (χ1v) is 7.78. The van der Waals surface area contributed by atoms with Gasteiger partial charge in [-0.3, -0.25) is 4.90 Å². The van der Waals surface area contributed by atoms with E-state index in [1.807, 2.05) is 12.1 Å². The molecule has 1 saturated carbocycles. The van der Waals surface area contributed by atoms with Crippen LogP contribution >= 0.6 is 11.6 Å². The van der Waals surface area contributed by atoms with Gasteiger partial charge < -0.3 is 5.32 Å². The lowest BCUT2D eigenvalue weighted by molar-refractivity contribution is 0.254. The second-order valence-corrected chi connectivity index (χ2v) is 6.59. The van der Waals surface area contributed by atoms with E-state index in [9.17, 15) is 0 Å². The van der Waals surface area contributed by atoms with Crippen LogP contribution in [-0.4, -0.2) is 29.6 Å². The predicted molar refractivity (Wildman–Crippen MR) is 80.6 cm³/mol. The molecule has 1 aromatic rings. The highest BCUT2D eigenvalue weighted by Crippen LogP contribution is 2.33. The molecule has 0 spiro atoms. The van der Waals surface area contributed by atoms with E-state index < -0.39 is 0 Å². The Bertz CT molecular complexity index is 427. The molecular weight excluding hydrogens is 256 g/mol. The fourth-order valence-electron chi connectivity index (χ4n) is 3.29. The van der Waals surface area contributed by atoms with Gasteiger partial charge in [-0.1, -0.05) is 23.7 Å². The van der Waals surface area contributed by atoms with Gasteiger partial charge in [0.15, 0.2) is 0 Å². The molecule has 3 rings (SSSR count). The van der Waals surface area contributed by atoms with Crippen LogP contribution in [0.1, 0.15) is 44.7 Å². The predicted octanol–water partition coefficient (Wildman–Crippen LogP) is 3.62. The van der Waals surface area contributed by atoms with Crippen molar-refractivity contribution in [2.24, 2.45) is 0 Å². The lowest BCUT2D eigenvalue weighted by Gasteiger charge is -2.21. The molecule has 3 unspecified atom stereocenters. The average molecular weight is 279 g/mol. The molecule has 0 bridgehead atoms. The zero-order chi connectivity index (χ0) is 13.4. The molecule has 1 aromatic carbocycles. The average Bonchev–Trinajstić information content (AvgIpc) is 3.15. The smallest absolute Gasteiger partial charge is 0.0406 e. The highest BCUT2D eigenvalue weighted by atomic mass is 35.5. The van der Waals surface area contributed by atoms with Gasteiger partial charge >= 0.3 is 0 Å². The van der Waals surface area contributed by atoms with E-state index in [1.54, 1.807) is 0 Å². The topological polar surface area (TPSA) is 15.3 Å². The van der Waals surface area contributed by atoms with Gasteiger partial charge in [0.2, 0.25) is 0 Å². The molecule has 1 N–H and O–H groups in total. The summed E-state index contributed by atoms with van der Waals surface area (Å²) >= 11 is 5.94. The first-order valence-electron chi connectivity index (χ1n) is 7.40. The summed E-state index contributed by atoms with van der Waals surface area (Å²) in [6, 6.07) is 10.8. The van der Waals surface area contributed by atoms with Gasteiger partial charge in [0.25, 0.3) is 0 Å². The maximum Gasteiger partial charge on any atom is 0.0406 e. The quantitative estimate of drug-likeness (QED) is 0.905. The van der Waals surface area contributed by atoms with Crippen molar-refractivity contribution >= 4 is 11.6 Å². The Hall–Kier alpha value is -0.570. The monoisotopic (exact) mass is 278 g/mol.